The van der Waals surface area contributed by atoms with Gasteiger partial charge in [-0.2, -0.15) is 0 Å². The molecule has 0 saturated carbocycles. The molecular formula is C15H18N4O. The molecule has 0 N–H and O–H groups in total. The molecule has 1 heterocycles. The van der Waals surface area contributed by atoms with Crippen molar-refractivity contribution in [3.63, 3.8) is 0 Å². The summed E-state index contributed by atoms with van der Waals surface area (Å²) < 4.78 is 1.80. The number of nitrogens with zero attached hydrogens (tertiary/aromatic N) is 4. The fourth-order valence-electron chi connectivity index (χ4n) is 2.07. The SMILES string of the molecule is C=CCN(CC=C)C(=O)c1ccc2c(c1)nnn2CC. The highest BCUT2D eigenvalue weighted by Gasteiger charge is 2.15. The molecular weight excluding hydrogens is 252 g/mol. The highest BCUT2D eigenvalue weighted by molar-refractivity contribution is 5.97. The zero-order chi connectivity index (χ0) is 14.5. The Kier molecular flexibility index (Phi) is 4.30. The van der Waals surface area contributed by atoms with Crippen LogP contribution >= 0.6 is 0 Å². The number of hydrogen-bond donors (Lipinski definition) is 0. The molecule has 0 aliphatic carbocycles. The number of benzene rings is 1. The first kappa shape index (κ1) is 14.0. The third-order valence-corrected chi connectivity index (χ3v) is 3.05. The van der Waals surface area contributed by atoms with Crippen molar-refractivity contribution in [1.29, 1.82) is 0 Å². The van der Waals surface area contributed by atoms with Crippen molar-refractivity contribution >= 4 is 16.9 Å². The van der Waals surface area contributed by atoms with Crippen LogP contribution in [0, 0.1) is 0 Å². The highest BCUT2D eigenvalue weighted by Crippen LogP contribution is 2.15. The van der Waals surface area contributed by atoms with Crippen LogP contribution in [0.3, 0.4) is 0 Å². The number of hydrogen-bond acceptors (Lipinski definition) is 3. The van der Waals surface area contributed by atoms with Gasteiger partial charge in [0.15, 0.2) is 0 Å². The van der Waals surface area contributed by atoms with Gasteiger partial charge in [0.1, 0.15) is 5.52 Å². The van der Waals surface area contributed by atoms with E-state index in [1.54, 1.807) is 33.9 Å². The van der Waals surface area contributed by atoms with E-state index in [9.17, 15) is 4.79 Å². The molecule has 0 unspecified atom stereocenters. The smallest absolute Gasteiger partial charge is 0.254 e. The summed E-state index contributed by atoms with van der Waals surface area (Å²) in [7, 11) is 0. The standard InChI is InChI=1S/C15H18N4O/c1-4-9-18(10-5-2)15(20)12-7-8-14-13(11-12)16-17-19(14)6-3/h4-5,7-8,11H,1-2,6,9-10H2,3H3. The van der Waals surface area contributed by atoms with Gasteiger partial charge in [0, 0.05) is 25.2 Å². The van der Waals surface area contributed by atoms with Crippen molar-refractivity contribution in [3.05, 3.63) is 49.1 Å². The maximum absolute atomic E-state index is 12.4. The predicted molar refractivity (Wildman–Crippen MR) is 79.5 cm³/mol. The third-order valence-electron chi connectivity index (χ3n) is 3.05. The maximum atomic E-state index is 12.4. The van der Waals surface area contributed by atoms with E-state index in [2.05, 4.69) is 23.5 Å². The number of carbonyl (C=O) groups excluding carboxylic acids is 1. The van der Waals surface area contributed by atoms with Gasteiger partial charge < -0.3 is 4.90 Å². The summed E-state index contributed by atoms with van der Waals surface area (Å²) in [6, 6.07) is 5.46. The van der Waals surface area contributed by atoms with E-state index in [0.29, 0.717) is 18.7 Å². The summed E-state index contributed by atoms with van der Waals surface area (Å²) in [5.41, 5.74) is 2.27. The van der Waals surface area contributed by atoms with Crippen molar-refractivity contribution in [2.45, 2.75) is 13.5 Å². The molecule has 5 heteroatoms. The molecule has 1 amide bonds. The van der Waals surface area contributed by atoms with E-state index >= 15 is 0 Å². The lowest BCUT2D eigenvalue weighted by Gasteiger charge is -2.19. The molecule has 104 valence electrons. The molecule has 0 aliphatic rings. The summed E-state index contributed by atoms with van der Waals surface area (Å²) >= 11 is 0. The quantitative estimate of drug-likeness (QED) is 0.757. The van der Waals surface area contributed by atoms with Crippen LogP contribution < -0.4 is 0 Å². The van der Waals surface area contributed by atoms with Gasteiger partial charge in [-0.15, -0.1) is 18.3 Å². The summed E-state index contributed by atoms with van der Waals surface area (Å²) in [4.78, 5) is 14.1. The second kappa shape index (κ2) is 6.14. The molecule has 0 atom stereocenters. The Balaban J connectivity index is 2.33. The molecule has 1 aromatic carbocycles. The largest absolute Gasteiger partial charge is 0.331 e. The minimum Gasteiger partial charge on any atom is -0.331 e. The molecule has 0 fully saturated rings. The van der Waals surface area contributed by atoms with Gasteiger partial charge in [-0.1, -0.05) is 17.4 Å². The van der Waals surface area contributed by atoms with E-state index < -0.39 is 0 Å². The number of rotatable bonds is 6. The molecule has 0 bridgehead atoms. The lowest BCUT2D eigenvalue weighted by molar-refractivity contribution is 0.0791. The lowest BCUT2D eigenvalue weighted by atomic mass is 10.1. The van der Waals surface area contributed by atoms with Crippen molar-refractivity contribution in [2.24, 2.45) is 0 Å². The Morgan fingerprint density at radius 1 is 1.35 bits per heavy atom. The van der Waals surface area contributed by atoms with Gasteiger partial charge in [0.2, 0.25) is 0 Å². The molecule has 2 aromatic rings. The molecule has 1 aromatic heterocycles. The van der Waals surface area contributed by atoms with Crippen molar-refractivity contribution in [3.8, 4) is 0 Å². The fraction of sp³-hybridized carbons (Fsp3) is 0.267. The monoisotopic (exact) mass is 270 g/mol. The summed E-state index contributed by atoms with van der Waals surface area (Å²) in [5, 5.41) is 8.13. The van der Waals surface area contributed by atoms with Gasteiger partial charge in [-0.3, -0.25) is 4.79 Å². The second-order valence-corrected chi connectivity index (χ2v) is 4.40. The second-order valence-electron chi connectivity index (χ2n) is 4.40. The fourth-order valence-corrected chi connectivity index (χ4v) is 2.07. The Morgan fingerprint density at radius 2 is 2.05 bits per heavy atom. The van der Waals surface area contributed by atoms with E-state index in [-0.39, 0.29) is 5.91 Å². The number of amides is 1. The van der Waals surface area contributed by atoms with Crippen LogP contribution in [-0.4, -0.2) is 38.9 Å². The van der Waals surface area contributed by atoms with Crippen LogP contribution in [-0.2, 0) is 6.54 Å². The minimum atomic E-state index is -0.0576. The topological polar surface area (TPSA) is 51.0 Å². The Hall–Kier alpha value is -2.43. The first-order valence-corrected chi connectivity index (χ1v) is 6.55. The zero-order valence-corrected chi connectivity index (χ0v) is 11.6. The molecule has 0 aliphatic heterocycles. The maximum Gasteiger partial charge on any atom is 0.254 e. The first-order chi connectivity index (χ1) is 9.71. The number of aryl methyl sites for hydroxylation is 1. The van der Waals surface area contributed by atoms with Gasteiger partial charge in [0.05, 0.1) is 5.52 Å². The molecule has 20 heavy (non-hydrogen) atoms. The first-order valence-electron chi connectivity index (χ1n) is 6.55. The van der Waals surface area contributed by atoms with Gasteiger partial charge in [-0.25, -0.2) is 4.68 Å². The third kappa shape index (κ3) is 2.61. The molecule has 5 nitrogen and oxygen atoms in total. The molecule has 0 spiro atoms. The van der Waals surface area contributed by atoms with Crippen LogP contribution in [0.15, 0.2) is 43.5 Å². The molecule has 0 radical (unpaired) electrons. The highest BCUT2D eigenvalue weighted by atomic mass is 16.2. The van der Waals surface area contributed by atoms with E-state index in [1.165, 1.54) is 0 Å². The van der Waals surface area contributed by atoms with Crippen molar-refractivity contribution < 1.29 is 4.79 Å². The van der Waals surface area contributed by atoms with Crippen LogP contribution in [0.1, 0.15) is 17.3 Å². The van der Waals surface area contributed by atoms with Crippen molar-refractivity contribution in [1.82, 2.24) is 19.9 Å². The van der Waals surface area contributed by atoms with Gasteiger partial charge in [-0.05, 0) is 25.1 Å². The zero-order valence-electron chi connectivity index (χ0n) is 11.6. The van der Waals surface area contributed by atoms with Crippen LogP contribution in [0.4, 0.5) is 0 Å². The van der Waals surface area contributed by atoms with Gasteiger partial charge in [0.25, 0.3) is 5.91 Å². The van der Waals surface area contributed by atoms with Crippen LogP contribution in [0.25, 0.3) is 11.0 Å². The van der Waals surface area contributed by atoms with Crippen LogP contribution in [0.5, 0.6) is 0 Å². The van der Waals surface area contributed by atoms with E-state index in [4.69, 9.17) is 0 Å². The number of aromatic nitrogens is 3. The van der Waals surface area contributed by atoms with Crippen LogP contribution in [0.2, 0.25) is 0 Å². The average Bonchev–Trinajstić information content (AvgIpc) is 2.88. The summed E-state index contributed by atoms with van der Waals surface area (Å²) in [6.45, 7) is 11.1. The van der Waals surface area contributed by atoms with E-state index in [1.807, 2.05) is 13.0 Å². The summed E-state index contributed by atoms with van der Waals surface area (Å²) in [6.07, 6.45) is 3.40. The Labute approximate surface area is 118 Å². The number of carbonyl (C=O) groups is 1. The van der Waals surface area contributed by atoms with Crippen molar-refractivity contribution in [2.75, 3.05) is 13.1 Å². The lowest BCUT2D eigenvalue weighted by Crippen LogP contribution is -2.31. The van der Waals surface area contributed by atoms with Gasteiger partial charge >= 0.3 is 0 Å². The predicted octanol–water partition coefficient (Wildman–Crippen LogP) is 2.27. The molecule has 0 saturated heterocycles. The molecule has 2 rings (SSSR count). The Morgan fingerprint density at radius 3 is 2.65 bits per heavy atom. The Bertz CT molecular complexity index is 634. The normalized spacial score (nSPS) is 10.4. The minimum absolute atomic E-state index is 0.0576. The summed E-state index contributed by atoms with van der Waals surface area (Å²) in [5.74, 6) is -0.0576. The van der Waals surface area contributed by atoms with E-state index in [0.717, 1.165) is 17.6 Å². The average molecular weight is 270 g/mol. The number of fused-ring (bicyclic) bond motifs is 1.